The number of benzene rings is 1. The number of rotatable bonds is 6. The Bertz CT molecular complexity index is 530. The van der Waals surface area contributed by atoms with Gasteiger partial charge in [0, 0.05) is 23.5 Å². The maximum absolute atomic E-state index is 12.1. The third kappa shape index (κ3) is 4.22. The van der Waals surface area contributed by atoms with Crippen LogP contribution in [0.3, 0.4) is 0 Å². The van der Waals surface area contributed by atoms with E-state index in [4.69, 9.17) is 0 Å². The minimum atomic E-state index is -0.102. The largest absolute Gasteiger partial charge is 0.351 e. The third-order valence-electron chi connectivity index (χ3n) is 3.48. The number of likely N-dealkylation sites (N-methyl/N-ethyl adjacent to an activating group) is 1. The molecule has 0 fully saturated rings. The molecule has 21 heavy (non-hydrogen) atoms. The van der Waals surface area contributed by atoms with Gasteiger partial charge in [0.05, 0.1) is 11.4 Å². The van der Waals surface area contributed by atoms with E-state index in [1.54, 1.807) is 12.1 Å². The predicted molar refractivity (Wildman–Crippen MR) is 85.9 cm³/mol. The summed E-state index contributed by atoms with van der Waals surface area (Å²) < 4.78 is 0. The second-order valence-corrected chi connectivity index (χ2v) is 5.85. The first kappa shape index (κ1) is 15.9. The Labute approximate surface area is 129 Å². The Morgan fingerprint density at radius 3 is 2.86 bits per heavy atom. The molecule has 1 aromatic carbocycles. The minimum absolute atomic E-state index is 0.0217. The van der Waals surface area contributed by atoms with Gasteiger partial charge in [-0.25, -0.2) is 0 Å². The summed E-state index contributed by atoms with van der Waals surface area (Å²) in [5.41, 5.74) is 1.31. The van der Waals surface area contributed by atoms with Gasteiger partial charge in [0.25, 0.3) is 5.91 Å². The number of nitrogens with one attached hydrogen (secondary N) is 2. The van der Waals surface area contributed by atoms with Crippen molar-refractivity contribution < 1.29 is 9.59 Å². The molecule has 0 radical (unpaired) electrons. The zero-order valence-corrected chi connectivity index (χ0v) is 13.3. The second kappa shape index (κ2) is 7.47. The van der Waals surface area contributed by atoms with Crippen molar-refractivity contribution in [3.05, 3.63) is 23.8 Å². The summed E-state index contributed by atoms with van der Waals surface area (Å²) in [7, 11) is 0. The van der Waals surface area contributed by atoms with Gasteiger partial charge in [0.15, 0.2) is 0 Å². The number of carbonyl (C=O) groups excluding carboxylic acids is 2. The molecule has 0 atom stereocenters. The number of nitrogens with zero attached hydrogens (tertiary/aromatic N) is 1. The van der Waals surface area contributed by atoms with Gasteiger partial charge >= 0.3 is 0 Å². The van der Waals surface area contributed by atoms with Gasteiger partial charge < -0.3 is 15.5 Å². The minimum Gasteiger partial charge on any atom is -0.351 e. The number of carbonyl (C=O) groups is 2. The molecule has 1 aromatic rings. The first-order chi connectivity index (χ1) is 10.1. The molecule has 2 N–H and O–H groups in total. The topological polar surface area (TPSA) is 61.4 Å². The Morgan fingerprint density at radius 1 is 1.38 bits per heavy atom. The lowest BCUT2D eigenvalue weighted by Crippen LogP contribution is -2.34. The molecule has 2 amide bonds. The first-order valence-corrected chi connectivity index (χ1v) is 8.19. The fourth-order valence-electron chi connectivity index (χ4n) is 2.19. The number of anilines is 1. The summed E-state index contributed by atoms with van der Waals surface area (Å²) in [5.74, 6) is 0.309. The highest BCUT2D eigenvalue weighted by atomic mass is 32.2. The molecule has 1 aliphatic rings. The normalized spacial score (nSPS) is 13.8. The molecule has 0 saturated carbocycles. The lowest BCUT2D eigenvalue weighted by atomic mass is 10.2. The van der Waals surface area contributed by atoms with Gasteiger partial charge in [-0.2, -0.15) is 0 Å². The van der Waals surface area contributed by atoms with Gasteiger partial charge in [-0.3, -0.25) is 9.59 Å². The van der Waals surface area contributed by atoms with Crippen molar-refractivity contribution in [1.29, 1.82) is 0 Å². The van der Waals surface area contributed by atoms with Crippen molar-refractivity contribution in [2.24, 2.45) is 0 Å². The van der Waals surface area contributed by atoms with E-state index in [0.717, 1.165) is 30.2 Å². The smallest absolute Gasteiger partial charge is 0.251 e. The summed E-state index contributed by atoms with van der Waals surface area (Å²) >= 11 is 1.49. The summed E-state index contributed by atoms with van der Waals surface area (Å²) in [4.78, 5) is 26.8. The maximum atomic E-state index is 12.1. The molecule has 2 rings (SSSR count). The summed E-state index contributed by atoms with van der Waals surface area (Å²) in [6, 6.07) is 5.43. The SMILES string of the molecule is CCN(CC)CCNC(=O)c1ccc2c(c1)NC(=O)CS2. The Hall–Kier alpha value is -1.53. The molecule has 1 aliphatic heterocycles. The number of thioether (sulfide) groups is 1. The maximum Gasteiger partial charge on any atom is 0.251 e. The molecule has 114 valence electrons. The Kier molecular flexibility index (Phi) is 5.64. The van der Waals surface area contributed by atoms with Crippen molar-refractivity contribution in [3.63, 3.8) is 0 Å². The number of hydrogen-bond donors (Lipinski definition) is 2. The van der Waals surface area contributed by atoms with Crippen LogP contribution in [0.15, 0.2) is 23.1 Å². The Balaban J connectivity index is 1.94. The highest BCUT2D eigenvalue weighted by Crippen LogP contribution is 2.31. The highest BCUT2D eigenvalue weighted by Gasteiger charge is 2.17. The summed E-state index contributed by atoms with van der Waals surface area (Å²) in [5, 5.41) is 5.72. The average molecular weight is 307 g/mol. The zero-order valence-electron chi connectivity index (χ0n) is 12.4. The van der Waals surface area contributed by atoms with E-state index in [1.807, 2.05) is 6.07 Å². The standard InChI is InChI=1S/C15H21N3O2S/c1-3-18(4-2)8-7-16-15(20)11-5-6-13-12(9-11)17-14(19)10-21-13/h5-6,9H,3-4,7-8,10H2,1-2H3,(H,16,20)(H,17,19). The lowest BCUT2D eigenvalue weighted by molar-refractivity contribution is -0.113. The fourth-order valence-corrected chi connectivity index (χ4v) is 2.98. The molecule has 0 aromatic heterocycles. The van der Waals surface area contributed by atoms with Crippen LogP contribution < -0.4 is 10.6 Å². The Morgan fingerprint density at radius 2 is 2.14 bits per heavy atom. The summed E-state index contributed by atoms with van der Waals surface area (Å²) in [6.45, 7) is 7.64. The monoisotopic (exact) mass is 307 g/mol. The van der Waals surface area contributed by atoms with E-state index >= 15 is 0 Å². The van der Waals surface area contributed by atoms with E-state index in [9.17, 15) is 9.59 Å². The molecule has 0 saturated heterocycles. The molecule has 1 heterocycles. The van der Waals surface area contributed by atoms with E-state index in [2.05, 4.69) is 29.4 Å². The van der Waals surface area contributed by atoms with Crippen LogP contribution in [0.5, 0.6) is 0 Å². The van der Waals surface area contributed by atoms with Crippen molar-refractivity contribution in [2.75, 3.05) is 37.2 Å². The van der Waals surface area contributed by atoms with E-state index < -0.39 is 0 Å². The van der Waals surface area contributed by atoms with Crippen molar-refractivity contribution in [2.45, 2.75) is 18.7 Å². The molecular weight excluding hydrogens is 286 g/mol. The quantitative estimate of drug-likeness (QED) is 0.841. The molecule has 0 bridgehead atoms. The van der Waals surface area contributed by atoms with E-state index in [1.165, 1.54) is 11.8 Å². The van der Waals surface area contributed by atoms with E-state index in [0.29, 0.717) is 17.9 Å². The van der Waals surface area contributed by atoms with Crippen LogP contribution in [0.2, 0.25) is 0 Å². The zero-order chi connectivity index (χ0) is 15.2. The average Bonchev–Trinajstić information content (AvgIpc) is 2.50. The molecule has 0 aliphatic carbocycles. The van der Waals surface area contributed by atoms with Crippen molar-refractivity contribution >= 4 is 29.3 Å². The molecule has 5 nitrogen and oxygen atoms in total. The van der Waals surface area contributed by atoms with Crippen LogP contribution in [0, 0.1) is 0 Å². The van der Waals surface area contributed by atoms with Crippen molar-refractivity contribution in [1.82, 2.24) is 10.2 Å². The van der Waals surface area contributed by atoms with Crippen LogP contribution in [-0.2, 0) is 4.79 Å². The third-order valence-corrected chi connectivity index (χ3v) is 4.56. The van der Waals surface area contributed by atoms with Crippen LogP contribution in [-0.4, -0.2) is 48.6 Å². The van der Waals surface area contributed by atoms with Crippen LogP contribution in [0.4, 0.5) is 5.69 Å². The van der Waals surface area contributed by atoms with Gasteiger partial charge in [0.2, 0.25) is 5.91 Å². The predicted octanol–water partition coefficient (Wildman–Crippen LogP) is 1.80. The highest BCUT2D eigenvalue weighted by molar-refractivity contribution is 8.00. The van der Waals surface area contributed by atoms with Gasteiger partial charge in [-0.15, -0.1) is 11.8 Å². The number of hydrogen-bond acceptors (Lipinski definition) is 4. The number of fused-ring (bicyclic) bond motifs is 1. The molecule has 0 spiro atoms. The van der Waals surface area contributed by atoms with Crippen LogP contribution >= 0.6 is 11.8 Å². The fraction of sp³-hybridized carbons (Fsp3) is 0.467. The first-order valence-electron chi connectivity index (χ1n) is 7.21. The van der Waals surface area contributed by atoms with E-state index in [-0.39, 0.29) is 11.8 Å². The van der Waals surface area contributed by atoms with Crippen LogP contribution in [0.25, 0.3) is 0 Å². The van der Waals surface area contributed by atoms with Crippen molar-refractivity contribution in [3.8, 4) is 0 Å². The molecule has 0 unspecified atom stereocenters. The second-order valence-electron chi connectivity index (χ2n) is 4.83. The number of amides is 2. The van der Waals surface area contributed by atoms with Gasteiger partial charge in [0.1, 0.15) is 0 Å². The summed E-state index contributed by atoms with van der Waals surface area (Å²) in [6.07, 6.45) is 0. The lowest BCUT2D eigenvalue weighted by Gasteiger charge is -2.19. The molecule has 6 heteroatoms. The van der Waals surface area contributed by atoms with Gasteiger partial charge in [-0.05, 0) is 31.3 Å². The molecular formula is C15H21N3O2S. The van der Waals surface area contributed by atoms with Crippen LogP contribution in [0.1, 0.15) is 24.2 Å². The van der Waals surface area contributed by atoms with Gasteiger partial charge in [-0.1, -0.05) is 13.8 Å².